The quantitative estimate of drug-likeness (QED) is 0.769. The van der Waals surface area contributed by atoms with Crippen molar-refractivity contribution in [2.75, 3.05) is 13.1 Å². The molecule has 0 spiro atoms. The number of carbonyl (C=O) groups is 1. The van der Waals surface area contributed by atoms with Crippen molar-refractivity contribution in [2.45, 2.75) is 39.8 Å². The summed E-state index contributed by atoms with van der Waals surface area (Å²) < 4.78 is 1.91. The van der Waals surface area contributed by atoms with Crippen molar-refractivity contribution < 1.29 is 4.79 Å². The van der Waals surface area contributed by atoms with E-state index in [4.69, 9.17) is 0 Å². The van der Waals surface area contributed by atoms with E-state index in [1.165, 1.54) is 5.56 Å². The molecule has 132 valence electrons. The van der Waals surface area contributed by atoms with E-state index in [2.05, 4.69) is 48.6 Å². The molecule has 0 saturated heterocycles. The first-order valence-electron chi connectivity index (χ1n) is 8.25. The number of benzene rings is 1. The fourth-order valence-corrected chi connectivity index (χ4v) is 2.63. The van der Waals surface area contributed by atoms with Crippen LogP contribution in [0.3, 0.4) is 0 Å². The Morgan fingerprint density at radius 3 is 2.58 bits per heavy atom. The monoisotopic (exact) mass is 350 g/mol. The van der Waals surface area contributed by atoms with Crippen LogP contribution in [-0.4, -0.2) is 34.8 Å². The normalized spacial score (nSPS) is 11.6. The number of halogens is 1. The van der Waals surface area contributed by atoms with Crippen LogP contribution in [0.5, 0.6) is 0 Å². The molecule has 2 rings (SSSR count). The van der Waals surface area contributed by atoms with E-state index >= 15 is 0 Å². The summed E-state index contributed by atoms with van der Waals surface area (Å²) in [5, 5.41) is 10.7. The van der Waals surface area contributed by atoms with Crippen molar-refractivity contribution in [1.29, 1.82) is 0 Å². The summed E-state index contributed by atoms with van der Waals surface area (Å²) >= 11 is 0. The molecule has 0 bridgehead atoms. The van der Waals surface area contributed by atoms with E-state index in [1.807, 2.05) is 22.9 Å². The second kappa shape index (κ2) is 10.1. The van der Waals surface area contributed by atoms with Crippen LogP contribution in [0.2, 0.25) is 0 Å². The third-order valence-corrected chi connectivity index (χ3v) is 3.82. The Morgan fingerprint density at radius 1 is 1.25 bits per heavy atom. The van der Waals surface area contributed by atoms with Gasteiger partial charge in [0.05, 0.1) is 24.0 Å². The Balaban J connectivity index is 0.00000288. The second-order valence-electron chi connectivity index (χ2n) is 5.67. The van der Waals surface area contributed by atoms with Gasteiger partial charge in [0.1, 0.15) is 0 Å². The van der Waals surface area contributed by atoms with Crippen molar-refractivity contribution >= 4 is 18.3 Å². The highest BCUT2D eigenvalue weighted by Crippen LogP contribution is 2.12. The highest BCUT2D eigenvalue weighted by Gasteiger charge is 2.16. The molecule has 0 aliphatic rings. The molecule has 0 aliphatic carbocycles. The van der Waals surface area contributed by atoms with Gasteiger partial charge in [-0.2, -0.15) is 5.10 Å². The zero-order valence-corrected chi connectivity index (χ0v) is 15.4. The average Bonchev–Trinajstić information content (AvgIpc) is 2.96. The third kappa shape index (κ3) is 5.35. The summed E-state index contributed by atoms with van der Waals surface area (Å²) in [4.78, 5) is 12.4. The van der Waals surface area contributed by atoms with Gasteiger partial charge in [-0.1, -0.05) is 44.2 Å². The van der Waals surface area contributed by atoms with Gasteiger partial charge in [-0.3, -0.25) is 9.48 Å². The third-order valence-electron chi connectivity index (χ3n) is 3.82. The molecule has 2 aromatic rings. The first kappa shape index (κ1) is 20.2. The zero-order chi connectivity index (χ0) is 16.7. The lowest BCUT2D eigenvalue weighted by atomic mass is 10.1. The minimum absolute atomic E-state index is 0. The highest BCUT2D eigenvalue weighted by molar-refractivity contribution is 5.95. The SMILES string of the molecule is CCN[C@H](C)CNC(=O)c1cnn(Cc2ccccc2)c1CC.Cl. The predicted molar refractivity (Wildman–Crippen MR) is 99.9 cm³/mol. The number of carbonyl (C=O) groups excluding carboxylic acids is 1. The number of hydrogen-bond acceptors (Lipinski definition) is 3. The van der Waals surface area contributed by atoms with Gasteiger partial charge in [-0.15, -0.1) is 12.4 Å². The molecule has 1 atom stereocenters. The molecule has 0 saturated carbocycles. The molecule has 0 unspecified atom stereocenters. The Morgan fingerprint density at radius 2 is 1.96 bits per heavy atom. The highest BCUT2D eigenvalue weighted by atomic mass is 35.5. The maximum Gasteiger partial charge on any atom is 0.254 e. The maximum absolute atomic E-state index is 12.4. The molecular weight excluding hydrogens is 324 g/mol. The number of rotatable bonds is 8. The average molecular weight is 351 g/mol. The van der Waals surface area contributed by atoms with Crippen molar-refractivity contribution in [3.05, 3.63) is 53.3 Å². The van der Waals surface area contributed by atoms with Crippen LogP contribution >= 0.6 is 12.4 Å². The molecule has 2 N–H and O–H groups in total. The molecule has 0 radical (unpaired) electrons. The van der Waals surface area contributed by atoms with Crippen LogP contribution in [0, 0.1) is 0 Å². The van der Waals surface area contributed by atoms with Crippen LogP contribution in [0.1, 0.15) is 42.4 Å². The van der Waals surface area contributed by atoms with Crippen molar-refractivity contribution in [3.8, 4) is 0 Å². The molecule has 1 aromatic carbocycles. The van der Waals surface area contributed by atoms with Crippen LogP contribution in [0.25, 0.3) is 0 Å². The second-order valence-corrected chi connectivity index (χ2v) is 5.67. The number of amides is 1. The predicted octanol–water partition coefficient (Wildman–Crippen LogP) is 2.64. The molecular formula is C18H27ClN4O. The molecule has 5 nitrogen and oxygen atoms in total. The Bertz CT molecular complexity index is 627. The van der Waals surface area contributed by atoms with Crippen molar-refractivity contribution in [2.24, 2.45) is 0 Å². The van der Waals surface area contributed by atoms with E-state index in [-0.39, 0.29) is 24.4 Å². The van der Waals surface area contributed by atoms with Crippen LogP contribution in [-0.2, 0) is 13.0 Å². The van der Waals surface area contributed by atoms with Crippen molar-refractivity contribution in [3.63, 3.8) is 0 Å². The summed E-state index contributed by atoms with van der Waals surface area (Å²) in [6.07, 6.45) is 2.45. The number of nitrogens with one attached hydrogen (secondary N) is 2. The van der Waals surface area contributed by atoms with Crippen LogP contribution in [0.4, 0.5) is 0 Å². The summed E-state index contributed by atoms with van der Waals surface area (Å²) in [7, 11) is 0. The lowest BCUT2D eigenvalue weighted by molar-refractivity contribution is 0.0949. The zero-order valence-electron chi connectivity index (χ0n) is 14.6. The van der Waals surface area contributed by atoms with Gasteiger partial charge in [0.25, 0.3) is 5.91 Å². The minimum atomic E-state index is -0.0501. The van der Waals surface area contributed by atoms with Gasteiger partial charge in [0, 0.05) is 12.6 Å². The first-order valence-corrected chi connectivity index (χ1v) is 8.25. The van der Waals surface area contributed by atoms with E-state index < -0.39 is 0 Å². The van der Waals surface area contributed by atoms with E-state index in [9.17, 15) is 4.79 Å². The number of hydrogen-bond donors (Lipinski definition) is 2. The lowest BCUT2D eigenvalue weighted by Gasteiger charge is -2.13. The molecule has 0 fully saturated rings. The molecule has 1 aromatic heterocycles. The smallest absolute Gasteiger partial charge is 0.254 e. The lowest BCUT2D eigenvalue weighted by Crippen LogP contribution is -2.39. The van der Waals surface area contributed by atoms with Gasteiger partial charge < -0.3 is 10.6 Å². The van der Waals surface area contributed by atoms with Gasteiger partial charge in [-0.25, -0.2) is 0 Å². The Hall–Kier alpha value is -1.85. The molecule has 1 heterocycles. The maximum atomic E-state index is 12.4. The van der Waals surface area contributed by atoms with E-state index in [0.717, 1.165) is 18.7 Å². The van der Waals surface area contributed by atoms with Crippen LogP contribution < -0.4 is 10.6 Å². The minimum Gasteiger partial charge on any atom is -0.350 e. The van der Waals surface area contributed by atoms with Gasteiger partial charge >= 0.3 is 0 Å². The van der Waals surface area contributed by atoms with Gasteiger partial charge in [-0.05, 0) is 25.5 Å². The summed E-state index contributed by atoms with van der Waals surface area (Å²) in [6, 6.07) is 10.4. The number of nitrogens with zero attached hydrogens (tertiary/aromatic N) is 2. The molecule has 1 amide bonds. The summed E-state index contributed by atoms with van der Waals surface area (Å²) in [5.41, 5.74) is 2.83. The number of aromatic nitrogens is 2. The van der Waals surface area contributed by atoms with Crippen molar-refractivity contribution in [1.82, 2.24) is 20.4 Å². The molecule has 6 heteroatoms. The summed E-state index contributed by atoms with van der Waals surface area (Å²) in [5.74, 6) is -0.0501. The Labute approximate surface area is 150 Å². The molecule has 24 heavy (non-hydrogen) atoms. The van der Waals surface area contributed by atoms with Gasteiger partial charge in [0.15, 0.2) is 0 Å². The van der Waals surface area contributed by atoms with Crippen LogP contribution in [0.15, 0.2) is 36.5 Å². The number of likely N-dealkylation sites (N-methyl/N-ethyl adjacent to an activating group) is 1. The topological polar surface area (TPSA) is 58.9 Å². The first-order chi connectivity index (χ1) is 11.2. The Kier molecular flexibility index (Phi) is 8.50. The van der Waals surface area contributed by atoms with E-state index in [1.54, 1.807) is 6.20 Å². The standard InChI is InChI=1S/C18H26N4O.ClH/c1-4-17-16(18(23)20-11-14(3)19-5-2)12-21-22(17)13-15-9-7-6-8-10-15;/h6-10,12,14,19H,4-5,11,13H2,1-3H3,(H,20,23);1H/t14-;/m1./s1. The summed E-state index contributed by atoms with van der Waals surface area (Å²) in [6.45, 7) is 8.36. The largest absolute Gasteiger partial charge is 0.350 e. The van der Waals surface area contributed by atoms with Gasteiger partial charge in [0.2, 0.25) is 0 Å². The fraction of sp³-hybridized carbons (Fsp3) is 0.444. The van der Waals surface area contributed by atoms with E-state index in [0.29, 0.717) is 18.7 Å². The fourth-order valence-electron chi connectivity index (χ4n) is 2.63. The molecule has 0 aliphatic heterocycles.